The van der Waals surface area contributed by atoms with Gasteiger partial charge in [-0.05, 0) is 11.8 Å². The highest BCUT2D eigenvalue weighted by molar-refractivity contribution is 5.89. The third kappa shape index (κ3) is 2.93. The lowest BCUT2D eigenvalue weighted by Crippen LogP contribution is -2.22. The van der Waals surface area contributed by atoms with Gasteiger partial charge in [-0.2, -0.15) is 0 Å². The summed E-state index contributed by atoms with van der Waals surface area (Å²) in [6.45, 7) is 7.57. The minimum Gasteiger partial charge on any atom is -0.351 e. The Morgan fingerprint density at radius 1 is 1.35 bits per heavy atom. The number of carbonyl (C=O) groups excluding carboxylic acids is 1. The zero-order chi connectivity index (χ0) is 13.2. The predicted octanol–water partition coefficient (Wildman–Crippen LogP) is 2.96. The van der Waals surface area contributed by atoms with Crippen LogP contribution in [0.15, 0.2) is 6.20 Å². The zero-order valence-electron chi connectivity index (χ0n) is 10.5. The highest BCUT2D eigenvalue weighted by Crippen LogP contribution is 2.32. The Kier molecular flexibility index (Phi) is 4.04. The number of pyridine rings is 1. The van der Waals surface area contributed by atoms with Gasteiger partial charge in [0.1, 0.15) is 5.82 Å². The van der Waals surface area contributed by atoms with E-state index in [1.54, 1.807) is 0 Å². The first-order valence-electron chi connectivity index (χ1n) is 5.59. The van der Waals surface area contributed by atoms with E-state index in [0.717, 1.165) is 0 Å². The number of hydrogen-bond acceptors (Lipinski definition) is 2. The van der Waals surface area contributed by atoms with Crippen LogP contribution in [0.1, 0.15) is 50.8 Å². The van der Waals surface area contributed by atoms with Gasteiger partial charge in [0.15, 0.2) is 0 Å². The summed E-state index contributed by atoms with van der Waals surface area (Å²) >= 11 is 0. The number of primary amides is 1. The van der Waals surface area contributed by atoms with Gasteiger partial charge in [-0.3, -0.25) is 4.98 Å². The topological polar surface area (TPSA) is 68.0 Å². The van der Waals surface area contributed by atoms with Gasteiger partial charge in [0.05, 0.1) is 17.6 Å². The fourth-order valence-corrected chi connectivity index (χ4v) is 1.77. The van der Waals surface area contributed by atoms with Crippen molar-refractivity contribution in [2.75, 3.05) is 5.32 Å². The van der Waals surface area contributed by atoms with Crippen LogP contribution in [0, 0.1) is 5.82 Å². The summed E-state index contributed by atoms with van der Waals surface area (Å²) in [7, 11) is 0. The number of urea groups is 1. The van der Waals surface area contributed by atoms with Gasteiger partial charge in [0, 0.05) is 5.56 Å². The van der Waals surface area contributed by atoms with Gasteiger partial charge in [-0.15, -0.1) is 0 Å². The van der Waals surface area contributed by atoms with Crippen LogP contribution in [0.4, 0.5) is 14.9 Å². The van der Waals surface area contributed by atoms with E-state index in [0.29, 0.717) is 16.9 Å². The molecule has 0 aliphatic carbocycles. The average molecular weight is 239 g/mol. The Balaban J connectivity index is 3.43. The first kappa shape index (κ1) is 13.4. The summed E-state index contributed by atoms with van der Waals surface area (Å²) in [6, 6.07) is -0.707. The fourth-order valence-electron chi connectivity index (χ4n) is 1.77. The molecule has 3 N–H and O–H groups in total. The summed E-state index contributed by atoms with van der Waals surface area (Å²) in [5, 5.41) is 2.48. The third-order valence-corrected chi connectivity index (χ3v) is 2.47. The van der Waals surface area contributed by atoms with E-state index < -0.39 is 11.8 Å². The molecular weight excluding hydrogens is 221 g/mol. The van der Waals surface area contributed by atoms with Crippen molar-refractivity contribution in [1.29, 1.82) is 0 Å². The van der Waals surface area contributed by atoms with Crippen LogP contribution in [0.3, 0.4) is 0 Å². The third-order valence-electron chi connectivity index (χ3n) is 2.47. The molecule has 0 bridgehead atoms. The lowest BCUT2D eigenvalue weighted by molar-refractivity contribution is 0.259. The SMILES string of the molecule is CC(C)c1ncc(F)c(C(C)C)c1NC(N)=O. The molecule has 0 saturated carbocycles. The van der Waals surface area contributed by atoms with Crippen molar-refractivity contribution in [3.63, 3.8) is 0 Å². The van der Waals surface area contributed by atoms with Crippen molar-refractivity contribution < 1.29 is 9.18 Å². The number of hydrogen-bond donors (Lipinski definition) is 2. The van der Waals surface area contributed by atoms with E-state index in [9.17, 15) is 9.18 Å². The van der Waals surface area contributed by atoms with Crippen molar-refractivity contribution >= 4 is 11.7 Å². The number of anilines is 1. The molecule has 1 aromatic rings. The summed E-state index contributed by atoms with van der Waals surface area (Å²) in [5.74, 6) is -0.402. The van der Waals surface area contributed by atoms with Crippen LogP contribution in [0.5, 0.6) is 0 Å². The minimum absolute atomic E-state index is 0.0580. The zero-order valence-corrected chi connectivity index (χ0v) is 10.5. The molecule has 1 aromatic heterocycles. The maximum absolute atomic E-state index is 13.7. The molecule has 0 fully saturated rings. The molecule has 0 aliphatic heterocycles. The maximum atomic E-state index is 13.7. The number of nitrogens with zero attached hydrogens (tertiary/aromatic N) is 1. The standard InChI is InChI=1S/C12H18FN3O/c1-6(2)9-8(13)5-15-10(7(3)4)11(9)16-12(14)17/h5-7H,1-4H3,(H3,14,16,17). The normalized spacial score (nSPS) is 11.0. The predicted molar refractivity (Wildman–Crippen MR) is 65.6 cm³/mol. The summed E-state index contributed by atoms with van der Waals surface area (Å²) in [4.78, 5) is 15.0. The lowest BCUT2D eigenvalue weighted by atomic mass is 9.96. The van der Waals surface area contributed by atoms with E-state index in [1.807, 2.05) is 27.7 Å². The maximum Gasteiger partial charge on any atom is 0.316 e. The smallest absolute Gasteiger partial charge is 0.316 e. The van der Waals surface area contributed by atoms with Gasteiger partial charge in [0.25, 0.3) is 0 Å². The van der Waals surface area contributed by atoms with Crippen molar-refractivity contribution in [2.45, 2.75) is 39.5 Å². The van der Waals surface area contributed by atoms with Crippen molar-refractivity contribution in [2.24, 2.45) is 5.73 Å². The van der Waals surface area contributed by atoms with E-state index >= 15 is 0 Å². The van der Waals surface area contributed by atoms with Gasteiger partial charge in [-0.25, -0.2) is 9.18 Å². The van der Waals surface area contributed by atoms with Crippen LogP contribution >= 0.6 is 0 Å². The second-order valence-electron chi connectivity index (χ2n) is 4.58. The molecule has 1 rings (SSSR count). The second kappa shape index (κ2) is 5.12. The molecule has 1 heterocycles. The van der Waals surface area contributed by atoms with Crippen molar-refractivity contribution in [3.8, 4) is 0 Å². The number of nitrogens with one attached hydrogen (secondary N) is 1. The Morgan fingerprint density at radius 3 is 2.35 bits per heavy atom. The molecule has 0 saturated heterocycles. The Hall–Kier alpha value is -1.65. The largest absolute Gasteiger partial charge is 0.351 e. The molecule has 0 radical (unpaired) electrons. The van der Waals surface area contributed by atoms with Gasteiger partial charge < -0.3 is 11.1 Å². The first-order valence-corrected chi connectivity index (χ1v) is 5.59. The summed E-state index contributed by atoms with van der Waals surface area (Å²) < 4.78 is 13.7. The number of carbonyl (C=O) groups is 1. The van der Waals surface area contributed by atoms with Crippen LogP contribution < -0.4 is 11.1 Å². The highest BCUT2D eigenvalue weighted by atomic mass is 19.1. The molecule has 0 aliphatic rings. The molecule has 5 heteroatoms. The van der Waals surface area contributed by atoms with E-state index in [1.165, 1.54) is 6.20 Å². The number of amides is 2. The lowest BCUT2D eigenvalue weighted by Gasteiger charge is -2.18. The Morgan fingerprint density at radius 2 is 1.94 bits per heavy atom. The van der Waals surface area contributed by atoms with E-state index in [4.69, 9.17) is 5.73 Å². The molecule has 94 valence electrons. The Labute approximate surface area is 100 Å². The first-order chi connectivity index (χ1) is 7.84. The van der Waals surface area contributed by atoms with Gasteiger partial charge in [0.2, 0.25) is 0 Å². The average Bonchev–Trinajstić information content (AvgIpc) is 2.15. The van der Waals surface area contributed by atoms with Crippen molar-refractivity contribution in [1.82, 2.24) is 4.98 Å². The van der Waals surface area contributed by atoms with Crippen LogP contribution in [0.2, 0.25) is 0 Å². The van der Waals surface area contributed by atoms with Gasteiger partial charge >= 0.3 is 6.03 Å². The summed E-state index contributed by atoms with van der Waals surface area (Å²) in [6.07, 6.45) is 1.19. The van der Waals surface area contributed by atoms with Gasteiger partial charge in [-0.1, -0.05) is 27.7 Å². The number of halogens is 1. The number of rotatable bonds is 3. The quantitative estimate of drug-likeness (QED) is 0.851. The van der Waals surface area contributed by atoms with E-state index in [-0.39, 0.29) is 11.8 Å². The molecular formula is C12H18FN3O. The molecule has 17 heavy (non-hydrogen) atoms. The molecule has 0 unspecified atom stereocenters. The van der Waals surface area contributed by atoms with Crippen LogP contribution in [-0.4, -0.2) is 11.0 Å². The molecule has 4 nitrogen and oxygen atoms in total. The van der Waals surface area contributed by atoms with E-state index in [2.05, 4.69) is 10.3 Å². The van der Waals surface area contributed by atoms with Crippen LogP contribution in [0.25, 0.3) is 0 Å². The Bertz CT molecular complexity index is 430. The second-order valence-corrected chi connectivity index (χ2v) is 4.58. The fraction of sp³-hybridized carbons (Fsp3) is 0.500. The molecule has 0 atom stereocenters. The minimum atomic E-state index is -0.707. The van der Waals surface area contributed by atoms with Crippen molar-refractivity contribution in [3.05, 3.63) is 23.3 Å². The van der Waals surface area contributed by atoms with Crippen LogP contribution in [-0.2, 0) is 0 Å². The number of aromatic nitrogens is 1. The molecule has 2 amide bonds. The highest BCUT2D eigenvalue weighted by Gasteiger charge is 2.20. The molecule has 0 spiro atoms. The molecule has 0 aromatic carbocycles. The monoisotopic (exact) mass is 239 g/mol. The number of nitrogens with two attached hydrogens (primary N) is 1. The summed E-state index contributed by atoms with van der Waals surface area (Å²) in [5.41, 5.74) is 6.61.